The lowest BCUT2D eigenvalue weighted by Crippen LogP contribution is -2.33. The number of nitrogens with zero attached hydrogens (tertiary/aromatic N) is 1. The summed E-state index contributed by atoms with van der Waals surface area (Å²) in [6, 6.07) is 10.2. The molecule has 2 aromatic carbocycles. The van der Waals surface area contributed by atoms with Crippen LogP contribution in [0, 0.1) is 11.7 Å². The molecule has 1 aliphatic rings. The first kappa shape index (κ1) is 14.1. The number of carbonyl (C=O) groups is 1. The average molecular weight is 285 g/mol. The maximum Gasteiger partial charge on any atom is 0.254 e. The minimum atomic E-state index is -0.272. The summed E-state index contributed by atoms with van der Waals surface area (Å²) in [5.41, 5.74) is 0.612. The van der Waals surface area contributed by atoms with Crippen LogP contribution in [0.2, 0.25) is 0 Å². The minimum absolute atomic E-state index is 0.0277. The Balaban J connectivity index is 1.97. The summed E-state index contributed by atoms with van der Waals surface area (Å²) in [6.07, 6.45) is 3.38. The first-order valence-electron chi connectivity index (χ1n) is 7.67. The lowest BCUT2D eigenvalue weighted by Gasteiger charge is -2.23. The van der Waals surface area contributed by atoms with Crippen molar-refractivity contribution in [3.63, 3.8) is 0 Å². The van der Waals surface area contributed by atoms with Crippen LogP contribution in [0.4, 0.5) is 4.39 Å². The van der Waals surface area contributed by atoms with E-state index in [0.29, 0.717) is 22.3 Å². The molecule has 21 heavy (non-hydrogen) atoms. The van der Waals surface area contributed by atoms with Gasteiger partial charge in [0.05, 0.1) is 0 Å². The van der Waals surface area contributed by atoms with Gasteiger partial charge < -0.3 is 4.90 Å². The van der Waals surface area contributed by atoms with Crippen LogP contribution >= 0.6 is 0 Å². The zero-order valence-electron chi connectivity index (χ0n) is 12.3. The summed E-state index contributed by atoms with van der Waals surface area (Å²) < 4.78 is 13.9. The third kappa shape index (κ3) is 2.92. The van der Waals surface area contributed by atoms with Gasteiger partial charge in [-0.15, -0.1) is 0 Å². The largest absolute Gasteiger partial charge is 0.338 e. The van der Waals surface area contributed by atoms with Crippen molar-refractivity contribution in [2.75, 3.05) is 13.1 Å². The topological polar surface area (TPSA) is 20.3 Å². The predicted octanol–water partition coefficient (Wildman–Crippen LogP) is 4.24. The highest BCUT2D eigenvalue weighted by Crippen LogP contribution is 2.31. The van der Waals surface area contributed by atoms with Crippen LogP contribution in [-0.4, -0.2) is 23.9 Å². The smallest absolute Gasteiger partial charge is 0.254 e. The highest BCUT2D eigenvalue weighted by Gasteiger charge is 2.27. The van der Waals surface area contributed by atoms with E-state index in [0.717, 1.165) is 19.5 Å². The fourth-order valence-electron chi connectivity index (χ4n) is 2.78. The summed E-state index contributed by atoms with van der Waals surface area (Å²) >= 11 is 0. The van der Waals surface area contributed by atoms with Crippen molar-refractivity contribution in [2.24, 2.45) is 5.92 Å². The molecule has 3 rings (SSSR count). The van der Waals surface area contributed by atoms with Crippen molar-refractivity contribution < 1.29 is 9.18 Å². The SMILES string of the molecule is CCCN(CC1CC1)C(=O)c1ccc(F)c2ccccc12. The molecule has 2 aromatic rings. The van der Waals surface area contributed by atoms with E-state index in [1.807, 2.05) is 17.0 Å². The number of carbonyl (C=O) groups excluding carboxylic acids is 1. The van der Waals surface area contributed by atoms with Crippen LogP contribution in [0.15, 0.2) is 36.4 Å². The number of hydrogen-bond acceptors (Lipinski definition) is 1. The lowest BCUT2D eigenvalue weighted by molar-refractivity contribution is 0.0749. The first-order valence-corrected chi connectivity index (χ1v) is 7.67. The third-order valence-electron chi connectivity index (χ3n) is 4.06. The molecular weight excluding hydrogens is 265 g/mol. The van der Waals surface area contributed by atoms with Crippen molar-refractivity contribution in [3.8, 4) is 0 Å². The molecule has 2 nitrogen and oxygen atoms in total. The fourth-order valence-corrected chi connectivity index (χ4v) is 2.78. The van der Waals surface area contributed by atoms with Gasteiger partial charge in [0.1, 0.15) is 5.82 Å². The maximum absolute atomic E-state index is 13.9. The van der Waals surface area contributed by atoms with Gasteiger partial charge in [-0.2, -0.15) is 0 Å². The molecule has 0 spiro atoms. The highest BCUT2D eigenvalue weighted by molar-refractivity contribution is 6.07. The summed E-state index contributed by atoms with van der Waals surface area (Å²) in [7, 11) is 0. The number of fused-ring (bicyclic) bond motifs is 1. The summed E-state index contributed by atoms with van der Waals surface area (Å²) in [6.45, 7) is 3.68. The number of hydrogen-bond donors (Lipinski definition) is 0. The molecule has 3 heteroatoms. The summed E-state index contributed by atoms with van der Waals surface area (Å²) in [5, 5.41) is 1.23. The quantitative estimate of drug-likeness (QED) is 0.804. The third-order valence-corrected chi connectivity index (χ3v) is 4.06. The van der Waals surface area contributed by atoms with Crippen LogP contribution in [0.1, 0.15) is 36.5 Å². The van der Waals surface area contributed by atoms with E-state index in [1.165, 1.54) is 18.9 Å². The Bertz CT molecular complexity index is 663. The second-order valence-corrected chi connectivity index (χ2v) is 5.84. The zero-order valence-corrected chi connectivity index (χ0v) is 12.3. The van der Waals surface area contributed by atoms with Crippen molar-refractivity contribution >= 4 is 16.7 Å². The van der Waals surface area contributed by atoms with E-state index in [9.17, 15) is 9.18 Å². The van der Waals surface area contributed by atoms with Gasteiger partial charge >= 0.3 is 0 Å². The Kier molecular flexibility index (Phi) is 3.91. The van der Waals surface area contributed by atoms with E-state index < -0.39 is 0 Å². The Morgan fingerprint density at radius 1 is 1.19 bits per heavy atom. The molecule has 0 bridgehead atoms. The number of benzene rings is 2. The molecule has 1 fully saturated rings. The normalized spacial score (nSPS) is 14.4. The zero-order chi connectivity index (χ0) is 14.8. The van der Waals surface area contributed by atoms with Crippen molar-refractivity contribution in [2.45, 2.75) is 26.2 Å². The van der Waals surface area contributed by atoms with Crippen molar-refractivity contribution in [1.29, 1.82) is 0 Å². The molecule has 0 saturated heterocycles. The van der Waals surface area contributed by atoms with E-state index in [2.05, 4.69) is 6.92 Å². The Morgan fingerprint density at radius 3 is 2.57 bits per heavy atom. The monoisotopic (exact) mass is 285 g/mol. The van der Waals surface area contributed by atoms with Crippen LogP contribution in [0.5, 0.6) is 0 Å². The van der Waals surface area contributed by atoms with Gasteiger partial charge in [0.15, 0.2) is 0 Å². The van der Waals surface area contributed by atoms with Crippen LogP contribution in [0.3, 0.4) is 0 Å². The predicted molar refractivity (Wildman–Crippen MR) is 82.8 cm³/mol. The fraction of sp³-hybridized carbons (Fsp3) is 0.389. The molecule has 0 N–H and O–H groups in total. The maximum atomic E-state index is 13.9. The van der Waals surface area contributed by atoms with Gasteiger partial charge in [0, 0.05) is 24.0 Å². The Morgan fingerprint density at radius 2 is 1.90 bits per heavy atom. The average Bonchev–Trinajstić information content (AvgIpc) is 3.31. The molecule has 0 unspecified atom stereocenters. The van der Waals surface area contributed by atoms with Crippen LogP contribution in [-0.2, 0) is 0 Å². The van der Waals surface area contributed by atoms with Crippen LogP contribution < -0.4 is 0 Å². The minimum Gasteiger partial charge on any atom is -0.338 e. The van der Waals surface area contributed by atoms with Crippen molar-refractivity contribution in [3.05, 3.63) is 47.8 Å². The summed E-state index contributed by atoms with van der Waals surface area (Å²) in [4.78, 5) is 14.8. The Labute approximate surface area is 124 Å². The van der Waals surface area contributed by atoms with E-state index in [4.69, 9.17) is 0 Å². The highest BCUT2D eigenvalue weighted by atomic mass is 19.1. The second kappa shape index (κ2) is 5.84. The van der Waals surface area contributed by atoms with Crippen molar-refractivity contribution in [1.82, 2.24) is 4.90 Å². The van der Waals surface area contributed by atoms with E-state index in [1.54, 1.807) is 18.2 Å². The van der Waals surface area contributed by atoms with E-state index in [-0.39, 0.29) is 11.7 Å². The van der Waals surface area contributed by atoms with Gasteiger partial charge in [0.2, 0.25) is 0 Å². The van der Waals surface area contributed by atoms with Gasteiger partial charge in [0.25, 0.3) is 5.91 Å². The molecule has 1 amide bonds. The van der Waals surface area contributed by atoms with Crippen LogP contribution in [0.25, 0.3) is 10.8 Å². The molecule has 110 valence electrons. The first-order chi connectivity index (χ1) is 10.2. The number of amides is 1. The number of halogens is 1. The molecule has 0 atom stereocenters. The van der Waals surface area contributed by atoms with Gasteiger partial charge in [-0.1, -0.05) is 31.2 Å². The molecule has 0 radical (unpaired) electrons. The standard InChI is InChI=1S/C18H20FNO/c1-2-11-20(12-13-7-8-13)18(21)16-9-10-17(19)15-6-4-3-5-14(15)16/h3-6,9-10,13H,2,7-8,11-12H2,1H3. The molecule has 1 saturated carbocycles. The molecule has 1 aliphatic carbocycles. The Hall–Kier alpha value is -1.90. The molecule has 0 heterocycles. The van der Waals surface area contributed by atoms with E-state index >= 15 is 0 Å². The van der Waals surface area contributed by atoms with Gasteiger partial charge in [-0.25, -0.2) is 4.39 Å². The second-order valence-electron chi connectivity index (χ2n) is 5.84. The van der Waals surface area contributed by atoms with Gasteiger partial charge in [-0.3, -0.25) is 4.79 Å². The summed E-state index contributed by atoms with van der Waals surface area (Å²) in [5.74, 6) is 0.415. The molecular formula is C18H20FNO. The van der Waals surface area contributed by atoms with Gasteiger partial charge in [-0.05, 0) is 42.7 Å². The molecule has 0 aromatic heterocycles. The lowest BCUT2D eigenvalue weighted by atomic mass is 10.0. The molecule has 0 aliphatic heterocycles. The number of rotatable bonds is 5.